The van der Waals surface area contributed by atoms with Crippen molar-refractivity contribution in [2.45, 2.75) is 310 Å². The minimum atomic E-state index is -2.53. The van der Waals surface area contributed by atoms with Gasteiger partial charge in [-0.1, -0.05) is 0 Å². The molecule has 10 aliphatic heterocycles. The molecule has 0 radical (unpaired) electrons. The second kappa shape index (κ2) is 37.9. The summed E-state index contributed by atoms with van der Waals surface area (Å²) in [6, 6.07) is -5.59. The van der Waals surface area contributed by atoms with Crippen molar-refractivity contribution >= 4 is 23.6 Å². The first kappa shape index (κ1) is 89.6. The number of rotatable bonds is 28. The second-order valence-corrected chi connectivity index (χ2v) is 28.6. The maximum absolute atomic E-state index is 13.2. The van der Waals surface area contributed by atoms with Crippen molar-refractivity contribution in [3.63, 3.8) is 0 Å². The Hall–Kier alpha value is -3.76. The van der Waals surface area contributed by atoms with Gasteiger partial charge in [-0.25, -0.2) is 0 Å². The van der Waals surface area contributed by atoms with Crippen LogP contribution in [0.4, 0.5) is 0 Å². The molecule has 640 valence electrons. The molecule has 0 saturated carbocycles. The lowest BCUT2D eigenvalue weighted by molar-refractivity contribution is -0.396. The van der Waals surface area contributed by atoms with Gasteiger partial charge in [0, 0.05) is 27.7 Å². The normalized spacial score (nSPS) is 50.2. The number of hydrogen-bond acceptors (Lipinski definition) is 45. The molecule has 0 aromatic rings. The van der Waals surface area contributed by atoms with Crippen molar-refractivity contribution in [2.75, 3.05) is 52.9 Å². The minimum Gasteiger partial charge on any atom is -0.394 e. The summed E-state index contributed by atoms with van der Waals surface area (Å²) in [7, 11) is 0. The third kappa shape index (κ3) is 19.0. The number of aliphatic hydroxyl groups excluding tert-OH is 23. The van der Waals surface area contributed by atoms with E-state index in [1.54, 1.807) is 0 Å². The van der Waals surface area contributed by atoms with Gasteiger partial charge in [0.05, 0.1) is 59.0 Å². The van der Waals surface area contributed by atoms with Crippen molar-refractivity contribution in [3.8, 4) is 0 Å². The zero-order chi connectivity index (χ0) is 81.4. The third-order valence-corrected chi connectivity index (χ3v) is 20.8. The number of nitrogens with one attached hydrogen (secondary N) is 5. The number of carbonyl (C=O) groups is 4. The molecule has 0 unspecified atom stereocenters. The Morgan fingerprint density at radius 2 is 0.658 bits per heavy atom. The van der Waals surface area contributed by atoms with E-state index in [1.165, 1.54) is 6.92 Å². The molecule has 10 fully saturated rings. The van der Waals surface area contributed by atoms with Gasteiger partial charge in [0.15, 0.2) is 56.0 Å². The molecule has 10 rings (SSSR count). The highest BCUT2D eigenvalue weighted by atomic mass is 16.8. The number of fused-ring (bicyclic) bond motifs is 1. The largest absolute Gasteiger partial charge is 0.394 e. The highest BCUT2D eigenvalue weighted by molar-refractivity contribution is 5.75. The summed E-state index contributed by atoms with van der Waals surface area (Å²) < 4.78 is 102. The molecule has 0 spiro atoms. The highest BCUT2D eigenvalue weighted by Crippen LogP contribution is 2.43. The summed E-state index contributed by atoms with van der Waals surface area (Å²) in [6.45, 7) is -2.96. The Labute approximate surface area is 629 Å². The van der Waals surface area contributed by atoms with Crippen LogP contribution in [0.1, 0.15) is 34.6 Å². The molecule has 49 heteroatoms. The van der Waals surface area contributed by atoms with Gasteiger partial charge in [-0.05, 0) is 6.92 Å². The van der Waals surface area contributed by atoms with Crippen molar-refractivity contribution in [2.24, 2.45) is 0 Å². The summed E-state index contributed by atoms with van der Waals surface area (Å²) in [5.41, 5.74) is -1.80. The van der Waals surface area contributed by atoms with Gasteiger partial charge in [-0.3, -0.25) is 24.5 Å². The maximum atomic E-state index is 13.2. The van der Waals surface area contributed by atoms with Gasteiger partial charge in [-0.2, -0.15) is 0 Å². The lowest BCUT2D eigenvalue weighted by Gasteiger charge is -2.51. The summed E-state index contributed by atoms with van der Waals surface area (Å²) in [6.07, 6.45) is -81.0. The van der Waals surface area contributed by atoms with Crippen LogP contribution in [0.5, 0.6) is 0 Å². The Morgan fingerprint density at radius 1 is 0.306 bits per heavy atom. The molecule has 0 aliphatic carbocycles. The van der Waals surface area contributed by atoms with E-state index in [4.69, 9.17) is 80.5 Å². The molecule has 0 bridgehead atoms. The highest BCUT2D eigenvalue weighted by Gasteiger charge is 2.70. The first-order valence-corrected chi connectivity index (χ1v) is 35.6. The van der Waals surface area contributed by atoms with Gasteiger partial charge in [0.25, 0.3) is 0 Å². The molecule has 10 saturated heterocycles. The SMILES string of the molecule is CC(=O)N[C@H]1[C@H](O[C@@H]2[C@@H](CO[C@@H]3O[C@@H](C)[C@@H](O)[C@@H](O)[C@@H]3O)O[C@@H]3N[C@@]3(NC(C)=O)[C@H]2O)O[C@H](CO)[C@@H](O[C@@H]2O[C@H](CO[C@H]3O[C@H](CO)[C@@H](O)[C@H](O)[C@@H]3O[C@@H]3O[C@H](CO)[C@@H](O[C@@H]4O[C@H](CO)[C@H](O)[C@H](O)[C@H]4O)[C@H](O)[C@H]3NC(C)=O)[C@@H](O)[C@H](O[C@H]3O[C@H](CO)[C@@H](O)[C@H](O)[C@@H]3O[C@@H]3O[C@H](CO)[C@@H](O)[C@H](O)[C@H]3NC(C)=O)[C@@H]2O)[C@@H]1O. The zero-order valence-electron chi connectivity index (χ0n) is 59.9. The van der Waals surface area contributed by atoms with E-state index >= 15 is 0 Å². The van der Waals surface area contributed by atoms with Crippen LogP contribution in [0.25, 0.3) is 0 Å². The quantitative estimate of drug-likeness (QED) is 0.0324. The summed E-state index contributed by atoms with van der Waals surface area (Å²) in [5.74, 6) is -3.41. The lowest BCUT2D eigenvalue weighted by atomic mass is 9.94. The van der Waals surface area contributed by atoms with Crippen LogP contribution >= 0.6 is 0 Å². The average molecular weight is 1620 g/mol. The van der Waals surface area contributed by atoms with Crippen LogP contribution in [-0.2, 0) is 99.7 Å². The molecule has 0 aromatic heterocycles. The standard InChI is InChI=1S/C62H103N5O44/c1-14-30(78)39(87)43(91)56(97-14)95-13-26-48(52(94)62(66-18(5)77)61(67-62)105-26)108-54-28(64-16(3)75)37(85)47(24(11-73)102-54)107-58-45(93)49(109-60-51(42(90)34(82)22(9-71)101-60)111-53-27(63-15(2)74)36(84)31(79)19(6-68)98-53)35(83)25(104-58)12-96-59-50(41(89)33(81)21(8-70)100-59)110-55-29(65-17(4)76)38(86)46(23(10-72)103-55)106-57-44(92)40(88)32(80)20(7-69)99-57/h14,19-61,67-73,78-94H,6-13H2,1-5H3,(H,63,74)(H,64,75)(H,65,76)(H,66,77)/t14-,19+,20+,21+,22+,23+,24+,25+,26+,27+,28+,29+,30+,31+,32-,33+,34+,35+,36+,37+,38+,39+,40-,41-,42-,43-,44+,45-,46+,47+,48+,49-,50-,51-,52-,53-,54-,55-,56+,57-,58-,59-,60+,61-,62-/m0/s1. The monoisotopic (exact) mass is 1620 g/mol. The van der Waals surface area contributed by atoms with Crippen LogP contribution in [-0.4, -0.2) is 470 Å². The van der Waals surface area contributed by atoms with Crippen LogP contribution in [0.2, 0.25) is 0 Å². The fourth-order valence-electron chi connectivity index (χ4n) is 14.7. The first-order chi connectivity index (χ1) is 52.5. The lowest BCUT2D eigenvalue weighted by Crippen LogP contribution is -2.70. The van der Waals surface area contributed by atoms with Gasteiger partial charge >= 0.3 is 0 Å². The molecule has 45 atom stereocenters. The zero-order valence-corrected chi connectivity index (χ0v) is 59.9. The van der Waals surface area contributed by atoms with Crippen LogP contribution in [0.3, 0.4) is 0 Å². The van der Waals surface area contributed by atoms with E-state index in [0.29, 0.717) is 0 Å². The smallest absolute Gasteiger partial charge is 0.218 e. The first-order valence-electron chi connectivity index (χ1n) is 35.6. The van der Waals surface area contributed by atoms with Crippen LogP contribution in [0, 0.1) is 0 Å². The fraction of sp³-hybridized carbons (Fsp3) is 0.935. The number of carbonyl (C=O) groups excluding carboxylic acids is 4. The number of ether oxygens (including phenoxy) is 17. The van der Waals surface area contributed by atoms with Crippen LogP contribution in [0.15, 0.2) is 0 Å². The van der Waals surface area contributed by atoms with Crippen molar-refractivity contribution in [1.29, 1.82) is 0 Å². The summed E-state index contributed by atoms with van der Waals surface area (Å²) in [4.78, 5) is 51.1. The van der Waals surface area contributed by atoms with E-state index in [0.717, 1.165) is 27.7 Å². The Kier molecular flexibility index (Phi) is 30.6. The molecule has 49 nitrogen and oxygen atoms in total. The van der Waals surface area contributed by atoms with Crippen molar-refractivity contribution < 1.29 is 217 Å². The average Bonchev–Trinajstić information content (AvgIpc) is 1.55. The van der Waals surface area contributed by atoms with E-state index in [2.05, 4.69) is 26.6 Å². The maximum Gasteiger partial charge on any atom is 0.218 e. The Balaban J connectivity index is 0.967. The molecule has 10 heterocycles. The van der Waals surface area contributed by atoms with Crippen LogP contribution < -0.4 is 26.6 Å². The minimum absolute atomic E-state index is 0.689. The topological polar surface area (TPSA) is 761 Å². The van der Waals surface area contributed by atoms with Gasteiger partial charge in [-0.15, -0.1) is 0 Å². The van der Waals surface area contributed by atoms with Gasteiger partial charge in [0.2, 0.25) is 23.6 Å². The van der Waals surface area contributed by atoms with E-state index in [9.17, 15) is 137 Å². The fourth-order valence-corrected chi connectivity index (χ4v) is 14.7. The Bertz CT molecular complexity index is 3030. The molecule has 28 N–H and O–H groups in total. The van der Waals surface area contributed by atoms with E-state index in [1.807, 2.05) is 0 Å². The molecule has 4 amide bonds. The van der Waals surface area contributed by atoms with Gasteiger partial charge < -0.3 is 219 Å². The van der Waals surface area contributed by atoms with Crippen molar-refractivity contribution in [3.05, 3.63) is 0 Å². The number of amides is 4. The predicted molar refractivity (Wildman–Crippen MR) is 342 cm³/mol. The molecule has 10 aliphatic rings. The Morgan fingerprint density at radius 3 is 1.14 bits per heavy atom. The van der Waals surface area contributed by atoms with Crippen molar-refractivity contribution in [1.82, 2.24) is 26.6 Å². The predicted octanol–water partition coefficient (Wildman–Crippen LogP) is -19.1. The molecule has 111 heavy (non-hydrogen) atoms. The third-order valence-electron chi connectivity index (χ3n) is 20.8. The second-order valence-electron chi connectivity index (χ2n) is 28.6. The van der Waals surface area contributed by atoms with E-state index in [-0.39, 0.29) is 0 Å². The molecular weight excluding hydrogens is 1520 g/mol. The summed E-state index contributed by atoms with van der Waals surface area (Å²) >= 11 is 0. The summed E-state index contributed by atoms with van der Waals surface area (Å²) in [5, 5.41) is 269. The number of aliphatic hydroxyl groups is 23. The molecular formula is C62H103N5O44. The van der Waals surface area contributed by atoms with E-state index < -0.39 is 352 Å². The number of hydrogen-bond donors (Lipinski definition) is 28. The van der Waals surface area contributed by atoms with Gasteiger partial charge in [0.1, 0.15) is 214 Å². The molecule has 0 aromatic carbocycles.